The molecule has 6 heteroatoms. The second kappa shape index (κ2) is 5.12. The minimum atomic E-state index is -0.328. The molecule has 88 valence electrons. The SMILES string of the molecule is CC(C)N(C)C(=O)Cn1cnc(Cl)cc1=O. The molecule has 1 amide bonds. The highest BCUT2D eigenvalue weighted by Crippen LogP contribution is 1.99. The summed E-state index contributed by atoms with van der Waals surface area (Å²) in [6.45, 7) is 3.79. The summed E-state index contributed by atoms with van der Waals surface area (Å²) < 4.78 is 1.23. The Morgan fingerprint density at radius 1 is 1.62 bits per heavy atom. The van der Waals surface area contributed by atoms with Crippen LogP contribution in [0.3, 0.4) is 0 Å². The minimum absolute atomic E-state index is 0.0162. The van der Waals surface area contributed by atoms with E-state index in [0.717, 1.165) is 0 Å². The number of nitrogens with zero attached hydrogens (tertiary/aromatic N) is 3. The van der Waals surface area contributed by atoms with Crippen molar-refractivity contribution in [1.29, 1.82) is 0 Å². The van der Waals surface area contributed by atoms with E-state index < -0.39 is 0 Å². The Morgan fingerprint density at radius 2 is 2.25 bits per heavy atom. The molecule has 0 fully saturated rings. The van der Waals surface area contributed by atoms with Crippen molar-refractivity contribution in [1.82, 2.24) is 14.5 Å². The van der Waals surface area contributed by atoms with E-state index in [2.05, 4.69) is 4.98 Å². The second-order valence-electron chi connectivity index (χ2n) is 3.78. The third-order valence-corrected chi connectivity index (χ3v) is 2.53. The van der Waals surface area contributed by atoms with E-state index in [0.29, 0.717) is 0 Å². The lowest BCUT2D eigenvalue weighted by Crippen LogP contribution is -2.37. The maximum absolute atomic E-state index is 11.7. The number of rotatable bonds is 3. The monoisotopic (exact) mass is 243 g/mol. The number of likely N-dealkylation sites (N-methyl/N-ethyl adjacent to an activating group) is 1. The van der Waals surface area contributed by atoms with Gasteiger partial charge in [-0.3, -0.25) is 14.2 Å². The number of halogens is 1. The highest BCUT2D eigenvalue weighted by atomic mass is 35.5. The molecule has 16 heavy (non-hydrogen) atoms. The van der Waals surface area contributed by atoms with Crippen molar-refractivity contribution >= 4 is 17.5 Å². The standard InChI is InChI=1S/C10H14ClN3O2/c1-7(2)13(3)10(16)5-14-6-12-8(11)4-9(14)15/h4,6-7H,5H2,1-3H3. The largest absolute Gasteiger partial charge is 0.342 e. The fraction of sp³-hybridized carbons (Fsp3) is 0.500. The Labute approximate surface area is 98.7 Å². The molecule has 0 unspecified atom stereocenters. The fourth-order valence-electron chi connectivity index (χ4n) is 1.07. The first-order valence-electron chi connectivity index (χ1n) is 4.89. The van der Waals surface area contributed by atoms with Crippen molar-refractivity contribution in [2.45, 2.75) is 26.4 Å². The molecule has 0 saturated carbocycles. The molecule has 0 radical (unpaired) electrons. The van der Waals surface area contributed by atoms with E-state index in [1.807, 2.05) is 13.8 Å². The molecule has 1 aromatic heterocycles. The van der Waals surface area contributed by atoms with Gasteiger partial charge in [-0.2, -0.15) is 0 Å². The Balaban J connectivity index is 2.82. The smallest absolute Gasteiger partial charge is 0.255 e. The summed E-state index contributed by atoms with van der Waals surface area (Å²) in [5.41, 5.74) is -0.328. The van der Waals surface area contributed by atoms with Gasteiger partial charge in [-0.05, 0) is 13.8 Å². The van der Waals surface area contributed by atoms with Gasteiger partial charge in [0, 0.05) is 19.2 Å². The maximum atomic E-state index is 11.7. The van der Waals surface area contributed by atoms with E-state index in [9.17, 15) is 9.59 Å². The summed E-state index contributed by atoms with van der Waals surface area (Å²) in [5, 5.41) is 0.130. The lowest BCUT2D eigenvalue weighted by molar-refractivity contribution is -0.132. The van der Waals surface area contributed by atoms with Crippen LogP contribution in [0.1, 0.15) is 13.8 Å². The van der Waals surface area contributed by atoms with Crippen LogP contribution >= 0.6 is 11.6 Å². The average Bonchev–Trinajstić information content (AvgIpc) is 2.20. The number of amides is 1. The third kappa shape index (κ3) is 3.06. The van der Waals surface area contributed by atoms with Gasteiger partial charge in [0.05, 0.1) is 6.33 Å². The van der Waals surface area contributed by atoms with Gasteiger partial charge in [-0.1, -0.05) is 11.6 Å². The number of hydrogen-bond acceptors (Lipinski definition) is 3. The lowest BCUT2D eigenvalue weighted by Gasteiger charge is -2.21. The quantitative estimate of drug-likeness (QED) is 0.737. The number of aromatic nitrogens is 2. The predicted molar refractivity (Wildman–Crippen MR) is 61.4 cm³/mol. The molecule has 0 atom stereocenters. The molecule has 1 heterocycles. The van der Waals surface area contributed by atoms with Crippen molar-refractivity contribution in [2.24, 2.45) is 0 Å². The van der Waals surface area contributed by atoms with Crippen molar-refractivity contribution < 1.29 is 4.79 Å². The Morgan fingerprint density at radius 3 is 2.75 bits per heavy atom. The van der Waals surface area contributed by atoms with Crippen LogP contribution < -0.4 is 5.56 Å². The molecule has 0 aliphatic heterocycles. The van der Waals surface area contributed by atoms with Gasteiger partial charge in [-0.15, -0.1) is 0 Å². The average molecular weight is 244 g/mol. The Kier molecular flexibility index (Phi) is 4.06. The minimum Gasteiger partial charge on any atom is -0.342 e. The molecule has 0 aliphatic rings. The van der Waals surface area contributed by atoms with E-state index in [1.54, 1.807) is 11.9 Å². The molecule has 0 aromatic carbocycles. The molecule has 0 N–H and O–H groups in total. The van der Waals surface area contributed by atoms with Crippen LogP contribution in [0.2, 0.25) is 5.15 Å². The molecule has 5 nitrogen and oxygen atoms in total. The third-order valence-electron chi connectivity index (χ3n) is 2.32. The van der Waals surface area contributed by atoms with Gasteiger partial charge in [0.1, 0.15) is 11.7 Å². The first kappa shape index (κ1) is 12.7. The molecule has 0 spiro atoms. The zero-order valence-electron chi connectivity index (χ0n) is 9.48. The second-order valence-corrected chi connectivity index (χ2v) is 4.16. The van der Waals surface area contributed by atoms with Crippen molar-refractivity contribution in [3.8, 4) is 0 Å². The Bertz CT molecular complexity index is 442. The van der Waals surface area contributed by atoms with Crippen LogP contribution in [-0.4, -0.2) is 33.4 Å². The molecule has 0 bridgehead atoms. The maximum Gasteiger partial charge on any atom is 0.255 e. The van der Waals surface area contributed by atoms with E-state index in [1.165, 1.54) is 17.0 Å². The van der Waals surface area contributed by atoms with Gasteiger partial charge in [0.15, 0.2) is 0 Å². The predicted octanol–water partition coefficient (Wildman–Crippen LogP) is 0.763. The van der Waals surface area contributed by atoms with Crippen LogP contribution in [0.4, 0.5) is 0 Å². The van der Waals surface area contributed by atoms with Crippen LogP contribution in [0.15, 0.2) is 17.2 Å². The first-order chi connectivity index (χ1) is 7.41. The topological polar surface area (TPSA) is 55.2 Å². The molecular formula is C10H14ClN3O2. The molecule has 0 aliphatic carbocycles. The van der Waals surface area contributed by atoms with Crippen LogP contribution in [-0.2, 0) is 11.3 Å². The Hall–Kier alpha value is -1.36. The van der Waals surface area contributed by atoms with Gasteiger partial charge < -0.3 is 4.90 Å². The van der Waals surface area contributed by atoms with Gasteiger partial charge >= 0.3 is 0 Å². The first-order valence-corrected chi connectivity index (χ1v) is 5.27. The van der Waals surface area contributed by atoms with Crippen LogP contribution in [0, 0.1) is 0 Å². The van der Waals surface area contributed by atoms with Crippen LogP contribution in [0.5, 0.6) is 0 Å². The molecule has 1 rings (SSSR count). The van der Waals surface area contributed by atoms with Gasteiger partial charge in [0.2, 0.25) is 5.91 Å². The van der Waals surface area contributed by atoms with E-state index in [4.69, 9.17) is 11.6 Å². The highest BCUT2D eigenvalue weighted by Gasteiger charge is 2.13. The lowest BCUT2D eigenvalue weighted by atomic mass is 10.3. The summed E-state index contributed by atoms with van der Waals surface area (Å²) >= 11 is 5.55. The molecular weight excluding hydrogens is 230 g/mol. The summed E-state index contributed by atoms with van der Waals surface area (Å²) in [6.07, 6.45) is 1.27. The zero-order chi connectivity index (χ0) is 12.3. The number of hydrogen-bond donors (Lipinski definition) is 0. The van der Waals surface area contributed by atoms with E-state index in [-0.39, 0.29) is 29.2 Å². The summed E-state index contributed by atoms with van der Waals surface area (Å²) in [4.78, 5) is 28.5. The van der Waals surface area contributed by atoms with Crippen molar-refractivity contribution in [3.63, 3.8) is 0 Å². The number of carbonyl (C=O) groups is 1. The summed E-state index contributed by atoms with van der Waals surface area (Å²) in [6, 6.07) is 1.29. The summed E-state index contributed by atoms with van der Waals surface area (Å²) in [5.74, 6) is -0.138. The fourth-order valence-corrected chi connectivity index (χ4v) is 1.20. The van der Waals surface area contributed by atoms with Crippen LogP contribution in [0.25, 0.3) is 0 Å². The normalized spacial score (nSPS) is 10.6. The van der Waals surface area contributed by atoms with Crippen molar-refractivity contribution in [2.75, 3.05) is 7.05 Å². The summed E-state index contributed by atoms with van der Waals surface area (Å²) in [7, 11) is 1.70. The number of carbonyl (C=O) groups excluding carboxylic acids is 1. The van der Waals surface area contributed by atoms with Gasteiger partial charge in [-0.25, -0.2) is 4.98 Å². The highest BCUT2D eigenvalue weighted by molar-refractivity contribution is 6.29. The van der Waals surface area contributed by atoms with Crippen molar-refractivity contribution in [3.05, 3.63) is 27.9 Å². The molecule has 0 saturated heterocycles. The zero-order valence-corrected chi connectivity index (χ0v) is 10.2. The molecule has 1 aromatic rings. The van der Waals surface area contributed by atoms with E-state index >= 15 is 0 Å². The van der Waals surface area contributed by atoms with Gasteiger partial charge in [0.25, 0.3) is 5.56 Å².